The molecule has 7 heteroatoms. The molecule has 25 heavy (non-hydrogen) atoms. The van der Waals surface area contributed by atoms with Gasteiger partial charge in [-0.1, -0.05) is 6.08 Å². The quantitative estimate of drug-likeness (QED) is 0.456. The summed E-state index contributed by atoms with van der Waals surface area (Å²) < 4.78 is 44.9. The molecule has 1 aliphatic carbocycles. The molecule has 3 rings (SSSR count). The molecule has 1 saturated carbocycles. The summed E-state index contributed by atoms with van der Waals surface area (Å²) in [4.78, 5) is 1.75. The lowest BCUT2D eigenvalue weighted by Gasteiger charge is -2.24. The molecule has 1 aromatic carbocycles. The first-order chi connectivity index (χ1) is 11.9. The first kappa shape index (κ1) is 17.3. The van der Waals surface area contributed by atoms with E-state index in [0.29, 0.717) is 18.1 Å². The molecule has 1 aliphatic heterocycles. The first-order valence-electron chi connectivity index (χ1n) is 7.84. The summed E-state index contributed by atoms with van der Waals surface area (Å²) in [6.45, 7) is 3.75. The number of halogens is 3. The summed E-state index contributed by atoms with van der Waals surface area (Å²) >= 11 is 0. The maximum absolute atomic E-state index is 13.3. The zero-order chi connectivity index (χ0) is 18.0. The van der Waals surface area contributed by atoms with Crippen LogP contribution in [0.15, 0.2) is 46.8 Å². The molecule has 1 heterocycles. The van der Waals surface area contributed by atoms with E-state index in [1.54, 1.807) is 17.2 Å². The van der Waals surface area contributed by atoms with Gasteiger partial charge >= 0.3 is 0 Å². The number of alkyl halides is 2. The van der Waals surface area contributed by atoms with Crippen LogP contribution in [0.3, 0.4) is 0 Å². The van der Waals surface area contributed by atoms with Crippen LogP contribution >= 0.6 is 0 Å². The minimum absolute atomic E-state index is 0.116. The van der Waals surface area contributed by atoms with E-state index >= 15 is 0 Å². The third kappa shape index (κ3) is 3.75. The molecule has 0 aromatic heterocycles. The van der Waals surface area contributed by atoms with Crippen molar-refractivity contribution in [1.29, 1.82) is 0 Å². The molecule has 0 bridgehead atoms. The Morgan fingerprint density at radius 1 is 1.44 bits per heavy atom. The van der Waals surface area contributed by atoms with Crippen LogP contribution in [-0.4, -0.2) is 37.0 Å². The highest BCUT2D eigenvalue weighted by Crippen LogP contribution is 2.51. The number of hydrogen-bond acceptors (Lipinski definition) is 3. The average molecular weight is 349 g/mol. The van der Waals surface area contributed by atoms with Gasteiger partial charge in [0.05, 0.1) is 7.11 Å². The van der Waals surface area contributed by atoms with Crippen molar-refractivity contribution in [2.24, 2.45) is 16.1 Å². The lowest BCUT2D eigenvalue weighted by atomic mass is 10.0. The van der Waals surface area contributed by atoms with Gasteiger partial charge in [-0.15, -0.1) is 5.10 Å². The highest BCUT2D eigenvalue weighted by Gasteiger charge is 2.57. The minimum atomic E-state index is -2.61. The van der Waals surface area contributed by atoms with Crippen molar-refractivity contribution in [3.05, 3.63) is 47.9 Å². The predicted molar refractivity (Wildman–Crippen MR) is 91.4 cm³/mol. The topological polar surface area (TPSA) is 37.2 Å². The van der Waals surface area contributed by atoms with Crippen LogP contribution in [0.5, 0.6) is 5.75 Å². The van der Waals surface area contributed by atoms with Crippen molar-refractivity contribution < 1.29 is 17.9 Å². The van der Waals surface area contributed by atoms with Gasteiger partial charge in [0.2, 0.25) is 0 Å². The van der Waals surface area contributed by atoms with Gasteiger partial charge < -0.3 is 9.64 Å². The monoisotopic (exact) mass is 349 g/mol. The highest BCUT2D eigenvalue weighted by molar-refractivity contribution is 5.87. The molecule has 0 amide bonds. The number of allylic oxidation sites excluding steroid dienone is 2. The molecular weight excluding hydrogens is 331 g/mol. The van der Waals surface area contributed by atoms with E-state index in [1.807, 2.05) is 12.2 Å². The van der Waals surface area contributed by atoms with Gasteiger partial charge in [-0.25, -0.2) is 13.2 Å². The number of nitrogens with zero attached hydrogens (tertiary/aromatic N) is 3. The van der Waals surface area contributed by atoms with E-state index in [2.05, 4.69) is 16.9 Å². The van der Waals surface area contributed by atoms with Crippen molar-refractivity contribution in [3.63, 3.8) is 0 Å². The molecule has 2 aliphatic rings. The van der Waals surface area contributed by atoms with Crippen molar-refractivity contribution in [2.45, 2.75) is 18.8 Å². The molecule has 0 spiro atoms. The number of amidine groups is 1. The van der Waals surface area contributed by atoms with Crippen LogP contribution in [0.4, 0.5) is 13.2 Å². The van der Waals surface area contributed by atoms with Crippen molar-refractivity contribution in [3.8, 4) is 5.75 Å². The summed E-state index contributed by atoms with van der Waals surface area (Å²) in [5, 5.41) is 7.39. The Bertz CT molecular complexity index is 771. The summed E-state index contributed by atoms with van der Waals surface area (Å²) in [7, 11) is 1.48. The fourth-order valence-electron chi connectivity index (χ4n) is 2.80. The van der Waals surface area contributed by atoms with Crippen molar-refractivity contribution in [2.75, 3.05) is 13.7 Å². The number of hydrogen-bond donors (Lipinski definition) is 0. The van der Waals surface area contributed by atoms with Gasteiger partial charge in [0, 0.05) is 49.9 Å². The molecule has 0 saturated heterocycles. The van der Waals surface area contributed by atoms with Crippen LogP contribution in [0.25, 0.3) is 5.57 Å². The third-order valence-electron chi connectivity index (χ3n) is 4.32. The Balaban J connectivity index is 1.74. The zero-order valence-electron chi connectivity index (χ0n) is 13.8. The predicted octanol–water partition coefficient (Wildman–Crippen LogP) is 4.11. The first-order valence-corrected chi connectivity index (χ1v) is 7.84. The molecule has 132 valence electrons. The SMILES string of the molecule is C=N/N=C(/CC1CC1(F)F)N1C=CC(c2ccc(F)cc2OC)=CC1. The van der Waals surface area contributed by atoms with Crippen LogP contribution in [-0.2, 0) is 0 Å². The Kier molecular flexibility index (Phi) is 4.65. The normalized spacial score (nSPS) is 21.8. The van der Waals surface area contributed by atoms with Crippen molar-refractivity contribution >= 4 is 18.1 Å². The molecular formula is C18H18F3N3O. The lowest BCUT2D eigenvalue weighted by Crippen LogP contribution is -2.28. The number of methoxy groups -OCH3 is 1. The second kappa shape index (κ2) is 6.74. The van der Waals surface area contributed by atoms with E-state index in [4.69, 9.17) is 4.74 Å². The van der Waals surface area contributed by atoms with Crippen LogP contribution in [0, 0.1) is 11.7 Å². The number of benzene rings is 1. The second-order valence-electron chi connectivity index (χ2n) is 6.00. The largest absolute Gasteiger partial charge is 0.496 e. The number of ether oxygens (including phenoxy) is 1. The van der Waals surface area contributed by atoms with Crippen molar-refractivity contribution in [1.82, 2.24) is 4.90 Å². The maximum Gasteiger partial charge on any atom is 0.252 e. The lowest BCUT2D eigenvalue weighted by molar-refractivity contribution is 0.0998. The Hall–Kier alpha value is -2.57. The Morgan fingerprint density at radius 2 is 2.20 bits per heavy atom. The van der Waals surface area contributed by atoms with Crippen LogP contribution in [0.1, 0.15) is 18.4 Å². The summed E-state index contributed by atoms with van der Waals surface area (Å²) in [6.07, 6.45) is 5.50. The standard InChI is InChI=1S/C18H18F3N3O/c1-22-23-17(9-13-11-18(13,20)21)24-7-5-12(6-8-24)15-4-3-14(19)10-16(15)25-2/h3-7,10,13H,1,8-9,11H2,2H3/b23-17-. The van der Waals surface area contributed by atoms with E-state index in [1.165, 1.54) is 19.2 Å². The van der Waals surface area contributed by atoms with Crippen LogP contribution in [0.2, 0.25) is 0 Å². The highest BCUT2D eigenvalue weighted by atomic mass is 19.3. The van der Waals surface area contributed by atoms with Gasteiger partial charge in [-0.3, -0.25) is 0 Å². The van der Waals surface area contributed by atoms with Gasteiger partial charge in [-0.05, 0) is 23.8 Å². The maximum atomic E-state index is 13.3. The molecule has 1 atom stereocenters. The van der Waals surface area contributed by atoms with E-state index in [0.717, 1.165) is 11.1 Å². The van der Waals surface area contributed by atoms with Gasteiger partial charge in [0.15, 0.2) is 0 Å². The number of rotatable bonds is 5. The summed E-state index contributed by atoms with van der Waals surface area (Å²) in [5.74, 6) is -2.79. The third-order valence-corrected chi connectivity index (χ3v) is 4.32. The van der Waals surface area contributed by atoms with Gasteiger partial charge in [0.25, 0.3) is 5.92 Å². The fourth-order valence-corrected chi connectivity index (χ4v) is 2.80. The van der Waals surface area contributed by atoms with Crippen LogP contribution < -0.4 is 4.74 Å². The molecule has 1 unspecified atom stereocenters. The second-order valence-corrected chi connectivity index (χ2v) is 6.00. The smallest absolute Gasteiger partial charge is 0.252 e. The molecule has 1 fully saturated rings. The Morgan fingerprint density at radius 3 is 2.76 bits per heavy atom. The average Bonchev–Trinajstić information content (AvgIpc) is 3.21. The van der Waals surface area contributed by atoms with Gasteiger partial charge in [0.1, 0.15) is 17.4 Å². The van der Waals surface area contributed by atoms with E-state index < -0.39 is 11.8 Å². The van der Waals surface area contributed by atoms with E-state index in [-0.39, 0.29) is 18.7 Å². The molecule has 1 aromatic rings. The fraction of sp³-hybridized carbons (Fsp3) is 0.333. The zero-order valence-corrected chi connectivity index (χ0v) is 13.8. The minimum Gasteiger partial charge on any atom is -0.496 e. The van der Waals surface area contributed by atoms with E-state index in [9.17, 15) is 13.2 Å². The Labute approximate surface area is 144 Å². The van der Waals surface area contributed by atoms with Gasteiger partial charge in [-0.2, -0.15) is 5.10 Å². The summed E-state index contributed by atoms with van der Waals surface area (Å²) in [5.41, 5.74) is 1.62. The molecule has 0 radical (unpaired) electrons. The molecule has 4 nitrogen and oxygen atoms in total. The summed E-state index contributed by atoms with van der Waals surface area (Å²) in [6, 6.07) is 4.33. The molecule has 0 N–H and O–H groups in total.